The predicted octanol–water partition coefficient (Wildman–Crippen LogP) is 4.25. The summed E-state index contributed by atoms with van der Waals surface area (Å²) in [5.41, 5.74) is 7.53. The quantitative estimate of drug-likeness (QED) is 0.423. The van der Waals surface area contributed by atoms with Crippen LogP contribution in [0.3, 0.4) is 0 Å². The normalized spacial score (nSPS) is 14.3. The van der Waals surface area contributed by atoms with E-state index >= 15 is 0 Å². The van der Waals surface area contributed by atoms with Crippen LogP contribution in [0.15, 0.2) is 66.4 Å². The summed E-state index contributed by atoms with van der Waals surface area (Å²) in [6, 6.07) is 2.12. The molecule has 2 heterocycles. The number of rotatable bonds is 8. The van der Waals surface area contributed by atoms with Crippen LogP contribution in [-0.2, 0) is 17.7 Å². The number of nitrogens with zero attached hydrogens (tertiary/aromatic N) is 1. The van der Waals surface area contributed by atoms with E-state index in [0.717, 1.165) is 42.4 Å². The summed E-state index contributed by atoms with van der Waals surface area (Å²) < 4.78 is 5.48. The molecule has 0 fully saturated rings. The maximum absolute atomic E-state index is 5.48. The Bertz CT molecular complexity index is 725. The van der Waals surface area contributed by atoms with Crippen molar-refractivity contribution in [1.29, 1.82) is 0 Å². The van der Waals surface area contributed by atoms with Gasteiger partial charge in [0.05, 0.1) is 6.61 Å². The topological polar surface area (TPSA) is 46.2 Å². The van der Waals surface area contributed by atoms with Gasteiger partial charge in [0, 0.05) is 24.9 Å². The Morgan fingerprint density at radius 1 is 1.44 bits per heavy atom. The molecule has 2 rings (SSSR count). The molecule has 0 radical (unpaired) electrons. The lowest BCUT2D eigenvalue weighted by atomic mass is 10.0. The van der Waals surface area contributed by atoms with E-state index in [0.29, 0.717) is 13.0 Å². The molecular formula is C21H27N3O. The van der Waals surface area contributed by atoms with Gasteiger partial charge in [-0.1, -0.05) is 31.0 Å². The van der Waals surface area contributed by atoms with Crippen LogP contribution >= 0.6 is 0 Å². The minimum Gasteiger partial charge on any atom is -0.490 e. The Kier molecular flexibility index (Phi) is 7.27. The van der Waals surface area contributed by atoms with E-state index in [2.05, 4.69) is 40.6 Å². The lowest BCUT2D eigenvalue weighted by Gasteiger charge is -2.17. The second-order valence-electron chi connectivity index (χ2n) is 5.90. The number of aromatic nitrogens is 1. The van der Waals surface area contributed by atoms with Crippen molar-refractivity contribution in [2.45, 2.75) is 33.2 Å². The minimum absolute atomic E-state index is 0.609. The fraction of sp³-hybridized carbons (Fsp3) is 0.333. The van der Waals surface area contributed by atoms with Crippen LogP contribution in [0.4, 0.5) is 5.82 Å². The summed E-state index contributed by atoms with van der Waals surface area (Å²) >= 11 is 0. The summed E-state index contributed by atoms with van der Waals surface area (Å²) in [6.45, 7) is 14.0. The third-order valence-electron chi connectivity index (χ3n) is 3.98. The first-order valence-electron chi connectivity index (χ1n) is 8.63. The van der Waals surface area contributed by atoms with E-state index in [-0.39, 0.29) is 0 Å². The van der Waals surface area contributed by atoms with Gasteiger partial charge in [-0.15, -0.1) is 0 Å². The summed E-state index contributed by atoms with van der Waals surface area (Å²) in [7, 11) is 0. The first-order chi connectivity index (χ1) is 12.2. The smallest absolute Gasteiger partial charge is 0.142 e. The zero-order chi connectivity index (χ0) is 18.1. The van der Waals surface area contributed by atoms with Crippen molar-refractivity contribution >= 4 is 5.82 Å². The lowest BCUT2D eigenvalue weighted by Crippen LogP contribution is -2.23. The van der Waals surface area contributed by atoms with Crippen LogP contribution in [0.2, 0.25) is 0 Å². The molecule has 0 atom stereocenters. The first kappa shape index (κ1) is 18.8. The highest BCUT2D eigenvalue weighted by Crippen LogP contribution is 2.18. The minimum atomic E-state index is 0.609. The molecule has 0 aromatic carbocycles. The van der Waals surface area contributed by atoms with Crippen LogP contribution in [0.25, 0.3) is 0 Å². The molecule has 1 aliphatic heterocycles. The van der Waals surface area contributed by atoms with Gasteiger partial charge >= 0.3 is 0 Å². The fourth-order valence-corrected chi connectivity index (χ4v) is 2.63. The number of nitrogens with one attached hydrogen (secondary N) is 2. The zero-order valence-corrected chi connectivity index (χ0v) is 15.2. The monoisotopic (exact) mass is 337 g/mol. The van der Waals surface area contributed by atoms with Crippen LogP contribution in [0.5, 0.6) is 0 Å². The van der Waals surface area contributed by atoms with Crippen molar-refractivity contribution in [3.63, 3.8) is 0 Å². The molecule has 4 nitrogen and oxygen atoms in total. The van der Waals surface area contributed by atoms with Gasteiger partial charge in [-0.25, -0.2) is 4.98 Å². The van der Waals surface area contributed by atoms with E-state index < -0.39 is 0 Å². The van der Waals surface area contributed by atoms with E-state index in [1.807, 2.05) is 38.3 Å². The zero-order valence-electron chi connectivity index (χ0n) is 15.2. The third-order valence-corrected chi connectivity index (χ3v) is 3.98. The van der Waals surface area contributed by atoms with E-state index in [4.69, 9.17) is 4.74 Å². The van der Waals surface area contributed by atoms with Crippen molar-refractivity contribution in [3.05, 3.63) is 77.5 Å². The van der Waals surface area contributed by atoms with Gasteiger partial charge < -0.3 is 15.4 Å². The molecular weight excluding hydrogens is 310 g/mol. The Morgan fingerprint density at radius 3 is 3.00 bits per heavy atom. The highest BCUT2D eigenvalue weighted by atomic mass is 16.5. The molecule has 0 amide bonds. The maximum atomic E-state index is 5.48. The van der Waals surface area contributed by atoms with Crippen molar-refractivity contribution in [2.24, 2.45) is 0 Å². The van der Waals surface area contributed by atoms with E-state index in [1.165, 1.54) is 11.1 Å². The molecule has 1 aromatic heterocycles. The molecule has 0 aliphatic carbocycles. The summed E-state index contributed by atoms with van der Waals surface area (Å²) in [5, 5.41) is 6.73. The van der Waals surface area contributed by atoms with E-state index in [9.17, 15) is 0 Å². The number of hydrogen-bond donors (Lipinski definition) is 2. The van der Waals surface area contributed by atoms with Gasteiger partial charge in [-0.05, 0) is 55.7 Å². The van der Waals surface area contributed by atoms with Crippen molar-refractivity contribution in [1.82, 2.24) is 10.3 Å². The van der Waals surface area contributed by atoms with E-state index in [1.54, 1.807) is 0 Å². The molecule has 0 unspecified atom stereocenters. The SMILES string of the molecule is C=C=C(C/C(C=C)=C/C=C(\C)Nc1cc2c(cn1)CCNC2)OCC. The van der Waals surface area contributed by atoms with Crippen molar-refractivity contribution in [3.8, 4) is 0 Å². The van der Waals surface area contributed by atoms with Crippen LogP contribution < -0.4 is 10.6 Å². The molecule has 0 saturated carbocycles. The molecule has 0 bridgehead atoms. The number of anilines is 1. The Morgan fingerprint density at radius 2 is 2.28 bits per heavy atom. The Labute approximate surface area is 150 Å². The third kappa shape index (κ3) is 5.79. The molecule has 2 N–H and O–H groups in total. The standard InChI is InChI=1S/C21H27N3O/c1-5-17(12-20(6-2)25-7-3)9-8-16(4)24-21-13-19-14-22-11-10-18(19)15-23-21/h5,8-9,13,15,22H,1-2,7,10-12,14H2,3-4H3,(H,23,24)/b16-8+,17-9+. The number of allylic oxidation sites excluding steroid dienone is 5. The predicted molar refractivity (Wildman–Crippen MR) is 104 cm³/mol. The average Bonchev–Trinajstić information content (AvgIpc) is 2.64. The summed E-state index contributed by atoms with van der Waals surface area (Å²) in [6.07, 6.45) is 9.51. The fourth-order valence-electron chi connectivity index (χ4n) is 2.63. The molecule has 4 heteroatoms. The molecule has 132 valence electrons. The van der Waals surface area contributed by atoms with Crippen molar-refractivity contribution < 1.29 is 4.74 Å². The lowest BCUT2D eigenvalue weighted by molar-refractivity contribution is 0.224. The molecule has 1 aliphatic rings. The molecule has 25 heavy (non-hydrogen) atoms. The van der Waals surface area contributed by atoms with Gasteiger partial charge in [0.25, 0.3) is 0 Å². The van der Waals surface area contributed by atoms with Gasteiger partial charge in [0.2, 0.25) is 0 Å². The van der Waals surface area contributed by atoms with Gasteiger partial charge in [0.15, 0.2) is 0 Å². The maximum Gasteiger partial charge on any atom is 0.142 e. The second kappa shape index (κ2) is 9.67. The largest absolute Gasteiger partial charge is 0.490 e. The second-order valence-corrected chi connectivity index (χ2v) is 5.90. The summed E-state index contributed by atoms with van der Waals surface area (Å²) in [4.78, 5) is 4.50. The number of ether oxygens (including phenoxy) is 1. The summed E-state index contributed by atoms with van der Waals surface area (Å²) in [5.74, 6) is 1.60. The van der Waals surface area contributed by atoms with Crippen LogP contribution in [0.1, 0.15) is 31.4 Å². The van der Waals surface area contributed by atoms with Crippen molar-refractivity contribution in [2.75, 3.05) is 18.5 Å². The van der Waals surface area contributed by atoms with Crippen LogP contribution in [0, 0.1) is 0 Å². The molecule has 0 saturated heterocycles. The highest BCUT2D eigenvalue weighted by Gasteiger charge is 2.09. The molecule has 0 spiro atoms. The van der Waals surface area contributed by atoms with Crippen LogP contribution in [-0.4, -0.2) is 18.1 Å². The number of pyridine rings is 1. The Hall–Kier alpha value is -2.55. The van der Waals surface area contributed by atoms with Gasteiger partial charge in [-0.3, -0.25) is 0 Å². The molecule has 1 aromatic rings. The number of fused-ring (bicyclic) bond motifs is 1. The van der Waals surface area contributed by atoms with Gasteiger partial charge in [-0.2, -0.15) is 0 Å². The average molecular weight is 337 g/mol. The Balaban J connectivity index is 2.04. The first-order valence-corrected chi connectivity index (χ1v) is 8.63. The van der Waals surface area contributed by atoms with Gasteiger partial charge in [0.1, 0.15) is 11.6 Å². The highest BCUT2D eigenvalue weighted by molar-refractivity contribution is 5.46. The number of hydrogen-bond acceptors (Lipinski definition) is 4.